The summed E-state index contributed by atoms with van der Waals surface area (Å²) in [5.41, 5.74) is 2.53. The molecule has 31 heavy (non-hydrogen) atoms. The first-order valence-electron chi connectivity index (χ1n) is 10.5. The molecule has 1 saturated heterocycles. The molecule has 0 unspecified atom stereocenters. The molecule has 0 bridgehead atoms. The summed E-state index contributed by atoms with van der Waals surface area (Å²) in [5.74, 6) is 0.650. The van der Waals surface area contributed by atoms with Crippen LogP contribution in [0.3, 0.4) is 0 Å². The number of amides is 1. The zero-order valence-electron chi connectivity index (χ0n) is 18.3. The number of hydrogen-bond donors (Lipinski definition) is 1. The Morgan fingerprint density at radius 1 is 1.10 bits per heavy atom. The van der Waals surface area contributed by atoms with Crippen LogP contribution >= 0.6 is 11.8 Å². The van der Waals surface area contributed by atoms with Gasteiger partial charge in [-0.15, -0.1) is 11.8 Å². The minimum absolute atomic E-state index is 0.0948. The molecular weight excluding hydrogens is 432 g/mol. The third-order valence-electron chi connectivity index (χ3n) is 5.35. The fraction of sp³-hybridized carbons (Fsp3) is 0.435. The summed E-state index contributed by atoms with van der Waals surface area (Å²) in [6.45, 7) is 5.72. The van der Waals surface area contributed by atoms with Gasteiger partial charge in [0.05, 0.1) is 10.5 Å². The van der Waals surface area contributed by atoms with Gasteiger partial charge in [-0.3, -0.25) is 4.79 Å². The van der Waals surface area contributed by atoms with E-state index in [0.717, 1.165) is 54.1 Å². The van der Waals surface area contributed by atoms with Crippen LogP contribution in [0.5, 0.6) is 5.75 Å². The molecule has 0 aliphatic carbocycles. The normalized spacial score (nSPS) is 14.5. The van der Waals surface area contributed by atoms with E-state index in [9.17, 15) is 13.2 Å². The molecule has 3 rings (SSSR count). The van der Waals surface area contributed by atoms with Crippen LogP contribution in [0.4, 0.5) is 0 Å². The Balaban J connectivity index is 1.68. The maximum absolute atomic E-state index is 13.0. The molecule has 0 radical (unpaired) electrons. The van der Waals surface area contributed by atoms with E-state index in [4.69, 9.17) is 4.74 Å². The number of nitrogens with one attached hydrogen (secondary N) is 1. The van der Waals surface area contributed by atoms with Crippen molar-refractivity contribution in [3.05, 3.63) is 53.1 Å². The zero-order chi connectivity index (χ0) is 22.4. The highest BCUT2D eigenvalue weighted by Gasteiger charge is 2.23. The number of carbonyl (C=O) groups excluding carboxylic acids is 1. The lowest BCUT2D eigenvalue weighted by atomic mass is 10.1. The molecule has 1 fully saturated rings. The first kappa shape index (κ1) is 23.6. The van der Waals surface area contributed by atoms with E-state index in [1.807, 2.05) is 43.2 Å². The predicted molar refractivity (Wildman–Crippen MR) is 125 cm³/mol. The molecule has 1 aliphatic heterocycles. The number of carbonyl (C=O) groups is 1. The minimum Gasteiger partial charge on any atom is -0.492 e. The molecule has 0 atom stereocenters. The smallest absolute Gasteiger partial charge is 0.255 e. The van der Waals surface area contributed by atoms with Gasteiger partial charge >= 0.3 is 0 Å². The summed E-state index contributed by atoms with van der Waals surface area (Å²) in [6, 6.07) is 10.7. The maximum atomic E-state index is 13.0. The summed E-state index contributed by atoms with van der Waals surface area (Å²) in [4.78, 5) is 15.7. The number of sulfonamides is 1. The van der Waals surface area contributed by atoms with E-state index < -0.39 is 10.0 Å². The molecule has 2 aromatic carbocycles. The topological polar surface area (TPSA) is 75.7 Å². The Bertz CT molecular complexity index is 1030. The van der Waals surface area contributed by atoms with Gasteiger partial charge in [0.15, 0.2) is 0 Å². The highest BCUT2D eigenvalue weighted by molar-refractivity contribution is 7.98. The lowest BCUT2D eigenvalue weighted by molar-refractivity contribution is 0.0720. The van der Waals surface area contributed by atoms with Gasteiger partial charge in [-0.1, -0.05) is 12.1 Å². The van der Waals surface area contributed by atoms with E-state index in [2.05, 4.69) is 4.72 Å². The van der Waals surface area contributed by atoms with Gasteiger partial charge in [0, 0.05) is 24.5 Å². The van der Waals surface area contributed by atoms with E-state index >= 15 is 0 Å². The van der Waals surface area contributed by atoms with Gasteiger partial charge in [-0.2, -0.15) is 0 Å². The SMILES string of the molecule is CSc1ccc(S(=O)(=O)NCCOc2cc(C)ccc2C)cc1C(=O)N1CCCCC1. The average Bonchev–Trinajstić information content (AvgIpc) is 2.78. The first-order valence-corrected chi connectivity index (χ1v) is 13.2. The van der Waals surface area contributed by atoms with Crippen molar-refractivity contribution in [1.29, 1.82) is 0 Å². The van der Waals surface area contributed by atoms with Crippen molar-refractivity contribution in [2.24, 2.45) is 0 Å². The third-order valence-corrected chi connectivity index (χ3v) is 7.60. The molecule has 8 heteroatoms. The van der Waals surface area contributed by atoms with E-state index in [-0.39, 0.29) is 24.0 Å². The van der Waals surface area contributed by atoms with Crippen molar-refractivity contribution in [3.63, 3.8) is 0 Å². The highest BCUT2D eigenvalue weighted by Crippen LogP contribution is 2.26. The largest absolute Gasteiger partial charge is 0.492 e. The van der Waals surface area contributed by atoms with Crippen LogP contribution in [0, 0.1) is 13.8 Å². The monoisotopic (exact) mass is 462 g/mol. The van der Waals surface area contributed by atoms with Crippen LogP contribution in [0.15, 0.2) is 46.2 Å². The first-order chi connectivity index (χ1) is 14.8. The standard InChI is InChI=1S/C23H30N2O4S2/c1-17-7-8-18(2)21(15-17)29-14-11-24-31(27,28)19-9-10-22(30-3)20(16-19)23(26)25-12-5-4-6-13-25/h7-10,15-16,24H,4-6,11-14H2,1-3H3. The number of nitrogens with zero attached hydrogens (tertiary/aromatic N) is 1. The third kappa shape index (κ3) is 6.02. The second-order valence-corrected chi connectivity index (χ2v) is 10.3. The van der Waals surface area contributed by atoms with E-state index in [1.165, 1.54) is 17.8 Å². The fourth-order valence-electron chi connectivity index (χ4n) is 3.57. The number of hydrogen-bond acceptors (Lipinski definition) is 5. The van der Waals surface area contributed by atoms with Crippen LogP contribution in [-0.4, -0.2) is 51.7 Å². The number of ether oxygens (including phenoxy) is 1. The Kier molecular flexibility index (Phi) is 8.02. The molecule has 168 valence electrons. The van der Waals surface area contributed by atoms with Gasteiger partial charge in [0.2, 0.25) is 10.0 Å². The molecular formula is C23H30N2O4S2. The van der Waals surface area contributed by atoms with E-state index in [1.54, 1.807) is 12.1 Å². The number of aryl methyl sites for hydroxylation is 2. The Hall–Kier alpha value is -2.03. The number of rotatable bonds is 8. The number of thioether (sulfide) groups is 1. The summed E-state index contributed by atoms with van der Waals surface area (Å²) < 4.78 is 33.9. The van der Waals surface area contributed by atoms with Crippen molar-refractivity contribution < 1.29 is 17.9 Å². The number of likely N-dealkylation sites (tertiary alicyclic amines) is 1. The Labute approximate surface area is 189 Å². The number of benzene rings is 2. The molecule has 6 nitrogen and oxygen atoms in total. The number of piperidine rings is 1. The lowest BCUT2D eigenvalue weighted by Crippen LogP contribution is -2.36. The molecule has 1 N–H and O–H groups in total. The second kappa shape index (κ2) is 10.5. The van der Waals surface area contributed by atoms with Gasteiger partial charge in [0.25, 0.3) is 5.91 Å². The zero-order valence-corrected chi connectivity index (χ0v) is 19.9. The average molecular weight is 463 g/mol. The van der Waals surface area contributed by atoms with Crippen LogP contribution in [-0.2, 0) is 10.0 Å². The van der Waals surface area contributed by atoms with Crippen LogP contribution < -0.4 is 9.46 Å². The van der Waals surface area contributed by atoms with Gasteiger partial charge < -0.3 is 9.64 Å². The minimum atomic E-state index is -3.75. The molecule has 0 spiro atoms. The summed E-state index contributed by atoms with van der Waals surface area (Å²) in [7, 11) is -3.75. The van der Waals surface area contributed by atoms with E-state index in [0.29, 0.717) is 5.56 Å². The maximum Gasteiger partial charge on any atom is 0.255 e. The van der Waals surface area contributed by atoms with Crippen LogP contribution in [0.2, 0.25) is 0 Å². The lowest BCUT2D eigenvalue weighted by Gasteiger charge is -2.27. The Morgan fingerprint density at radius 3 is 2.55 bits per heavy atom. The van der Waals surface area contributed by atoms with Crippen LogP contribution in [0.25, 0.3) is 0 Å². The highest BCUT2D eigenvalue weighted by atomic mass is 32.2. The van der Waals surface area contributed by atoms with Crippen molar-refractivity contribution in [2.45, 2.75) is 42.9 Å². The van der Waals surface area contributed by atoms with Crippen molar-refractivity contribution in [1.82, 2.24) is 9.62 Å². The van der Waals surface area contributed by atoms with Crippen molar-refractivity contribution >= 4 is 27.7 Å². The quantitative estimate of drug-likeness (QED) is 0.474. The molecule has 0 saturated carbocycles. The van der Waals surface area contributed by atoms with Crippen molar-refractivity contribution in [2.75, 3.05) is 32.5 Å². The molecule has 0 aromatic heterocycles. The molecule has 1 amide bonds. The summed E-state index contributed by atoms with van der Waals surface area (Å²) in [6.07, 6.45) is 4.99. The predicted octanol–water partition coefficient (Wildman–Crippen LogP) is 4.01. The molecule has 1 aliphatic rings. The van der Waals surface area contributed by atoms with Gasteiger partial charge in [-0.05, 0) is 74.8 Å². The second-order valence-electron chi connectivity index (χ2n) is 7.73. The van der Waals surface area contributed by atoms with Gasteiger partial charge in [-0.25, -0.2) is 13.1 Å². The Morgan fingerprint density at radius 2 is 1.84 bits per heavy atom. The fourth-order valence-corrected chi connectivity index (χ4v) is 5.18. The molecule has 1 heterocycles. The summed E-state index contributed by atoms with van der Waals surface area (Å²) in [5, 5.41) is 0. The summed E-state index contributed by atoms with van der Waals surface area (Å²) >= 11 is 1.45. The van der Waals surface area contributed by atoms with Crippen molar-refractivity contribution in [3.8, 4) is 5.75 Å². The van der Waals surface area contributed by atoms with Gasteiger partial charge in [0.1, 0.15) is 12.4 Å². The molecule has 2 aromatic rings. The van der Waals surface area contributed by atoms with Crippen LogP contribution in [0.1, 0.15) is 40.7 Å².